The highest BCUT2D eigenvalue weighted by Crippen LogP contribution is 2.29. The van der Waals surface area contributed by atoms with Gasteiger partial charge in [-0.25, -0.2) is 10.2 Å². The number of nitrogens with one attached hydrogen (secondary N) is 2. The van der Waals surface area contributed by atoms with Crippen LogP contribution in [-0.2, 0) is 9.59 Å². The van der Waals surface area contributed by atoms with Gasteiger partial charge in [0.15, 0.2) is 11.5 Å². The number of carbonyl (C=O) groups excluding carboxylic acids is 3. The molecule has 198 valence electrons. The van der Waals surface area contributed by atoms with Gasteiger partial charge in [0.05, 0.1) is 25.5 Å². The van der Waals surface area contributed by atoms with Gasteiger partial charge >= 0.3 is 17.8 Å². The molecule has 1 heterocycles. The third kappa shape index (κ3) is 7.23. The first kappa shape index (κ1) is 26.9. The zero-order valence-corrected chi connectivity index (χ0v) is 21.7. The number of ether oxygens (including phenoxy) is 3. The third-order valence-electron chi connectivity index (χ3n) is 5.04. The Kier molecular flexibility index (Phi) is 8.93. The maximum Gasteiger partial charge on any atom is 0.343 e. The van der Waals surface area contributed by atoms with E-state index in [0.717, 1.165) is 16.9 Å². The number of benzene rings is 3. The molecule has 0 aliphatic heterocycles. The van der Waals surface area contributed by atoms with Crippen molar-refractivity contribution in [2.45, 2.75) is 6.92 Å². The Hall–Kier alpha value is -5.10. The van der Waals surface area contributed by atoms with Crippen LogP contribution in [0, 0.1) is 0 Å². The van der Waals surface area contributed by atoms with Crippen LogP contribution in [0.15, 0.2) is 77.9 Å². The maximum absolute atomic E-state index is 12.5. The summed E-state index contributed by atoms with van der Waals surface area (Å²) in [6.07, 6.45) is 1.31. The molecule has 2 N–H and O–H groups in total. The highest BCUT2D eigenvalue weighted by Gasteiger charge is 2.17. The average molecular weight is 546 g/mol. The first-order chi connectivity index (χ1) is 19.0. The third-order valence-corrected chi connectivity index (χ3v) is 5.93. The topological polar surface area (TPSA) is 141 Å². The van der Waals surface area contributed by atoms with Crippen molar-refractivity contribution >= 4 is 40.5 Å². The van der Waals surface area contributed by atoms with Gasteiger partial charge in [0.2, 0.25) is 5.13 Å². The molecule has 0 spiro atoms. The van der Waals surface area contributed by atoms with Gasteiger partial charge in [-0.2, -0.15) is 5.10 Å². The summed E-state index contributed by atoms with van der Waals surface area (Å²) < 4.78 is 16.1. The van der Waals surface area contributed by atoms with Crippen molar-refractivity contribution in [3.63, 3.8) is 0 Å². The summed E-state index contributed by atoms with van der Waals surface area (Å²) in [5.74, 6) is -1.39. The van der Waals surface area contributed by atoms with Crippen LogP contribution in [0.4, 0.5) is 5.13 Å². The lowest BCUT2D eigenvalue weighted by molar-refractivity contribution is -0.136. The molecule has 12 heteroatoms. The second kappa shape index (κ2) is 12.9. The zero-order valence-electron chi connectivity index (χ0n) is 20.9. The van der Waals surface area contributed by atoms with Gasteiger partial charge in [-0.1, -0.05) is 41.7 Å². The lowest BCUT2D eigenvalue weighted by Crippen LogP contribution is -2.32. The maximum atomic E-state index is 12.5. The van der Waals surface area contributed by atoms with Gasteiger partial charge in [-0.15, -0.1) is 10.2 Å². The summed E-state index contributed by atoms with van der Waals surface area (Å²) >= 11 is 1.14. The number of esters is 1. The van der Waals surface area contributed by atoms with Crippen LogP contribution in [-0.4, -0.2) is 47.9 Å². The van der Waals surface area contributed by atoms with Crippen LogP contribution < -0.4 is 25.0 Å². The lowest BCUT2D eigenvalue weighted by atomic mass is 10.2. The standard InChI is InChI=1S/C27H23N5O6S/c1-3-37-20-12-10-19(11-13-20)26(35)38-21-14-9-17(15-22(21)36-2)16-28-30-24(34)23(33)29-27-32-31-25(39-27)18-7-5-4-6-8-18/h4-16H,3H2,1-2H3,(H,30,34)(H,29,32,33). The molecule has 0 bridgehead atoms. The number of hydrogen-bond donors (Lipinski definition) is 2. The van der Waals surface area contributed by atoms with Crippen LogP contribution in [0.1, 0.15) is 22.8 Å². The van der Waals surface area contributed by atoms with Crippen molar-refractivity contribution in [3.8, 4) is 27.8 Å². The monoisotopic (exact) mass is 545 g/mol. The number of hydrogen-bond acceptors (Lipinski definition) is 10. The van der Waals surface area contributed by atoms with Crippen molar-refractivity contribution in [3.05, 3.63) is 83.9 Å². The molecule has 0 atom stereocenters. The second-order valence-electron chi connectivity index (χ2n) is 7.69. The number of rotatable bonds is 9. The predicted molar refractivity (Wildman–Crippen MR) is 145 cm³/mol. The van der Waals surface area contributed by atoms with E-state index in [2.05, 4.69) is 26.0 Å². The molecule has 0 radical (unpaired) electrons. The summed E-state index contributed by atoms with van der Waals surface area (Å²) in [5.41, 5.74) is 3.85. The van der Waals surface area contributed by atoms with Gasteiger partial charge in [0.25, 0.3) is 0 Å². The van der Waals surface area contributed by atoms with Crippen molar-refractivity contribution in [1.29, 1.82) is 0 Å². The molecule has 0 fully saturated rings. The molecule has 4 rings (SSSR count). The van der Waals surface area contributed by atoms with Crippen molar-refractivity contribution < 1.29 is 28.6 Å². The van der Waals surface area contributed by atoms with Crippen molar-refractivity contribution in [1.82, 2.24) is 15.6 Å². The predicted octanol–water partition coefficient (Wildman–Crippen LogP) is 3.92. The Morgan fingerprint density at radius 2 is 1.72 bits per heavy atom. The van der Waals surface area contributed by atoms with Crippen molar-refractivity contribution in [2.24, 2.45) is 5.10 Å². The number of aromatic nitrogens is 2. The van der Waals surface area contributed by atoms with E-state index in [1.165, 1.54) is 19.4 Å². The van der Waals surface area contributed by atoms with E-state index >= 15 is 0 Å². The highest BCUT2D eigenvalue weighted by atomic mass is 32.1. The summed E-state index contributed by atoms with van der Waals surface area (Å²) in [6, 6.07) is 20.6. The number of carbonyl (C=O) groups is 3. The summed E-state index contributed by atoms with van der Waals surface area (Å²) in [5, 5.41) is 14.9. The van der Waals surface area contributed by atoms with Crippen LogP contribution >= 0.6 is 11.3 Å². The van der Waals surface area contributed by atoms with Crippen LogP contribution in [0.2, 0.25) is 0 Å². The van der Waals surface area contributed by atoms with Crippen molar-refractivity contribution in [2.75, 3.05) is 19.0 Å². The average Bonchev–Trinajstić information content (AvgIpc) is 3.43. The molecular weight excluding hydrogens is 522 g/mol. The zero-order chi connectivity index (χ0) is 27.6. The fraction of sp³-hybridized carbons (Fsp3) is 0.111. The minimum Gasteiger partial charge on any atom is -0.494 e. The van der Waals surface area contributed by atoms with Gasteiger partial charge in [0.1, 0.15) is 10.8 Å². The number of hydrazone groups is 1. The number of amides is 2. The van der Waals surface area contributed by atoms with E-state index < -0.39 is 17.8 Å². The molecule has 4 aromatic rings. The first-order valence-corrected chi connectivity index (χ1v) is 12.4. The van der Waals surface area contributed by atoms with Gasteiger partial charge in [0, 0.05) is 5.56 Å². The summed E-state index contributed by atoms with van der Waals surface area (Å²) in [7, 11) is 1.42. The molecular formula is C27H23N5O6S. The van der Waals surface area contributed by atoms with E-state index in [4.69, 9.17) is 14.2 Å². The smallest absolute Gasteiger partial charge is 0.343 e. The van der Waals surface area contributed by atoms with Gasteiger partial charge in [-0.05, 0) is 55.0 Å². The number of anilines is 1. The minimum atomic E-state index is -0.990. The first-order valence-electron chi connectivity index (χ1n) is 11.6. The van der Waals surface area contributed by atoms with E-state index in [-0.39, 0.29) is 16.6 Å². The Labute approximate surface area is 227 Å². The van der Waals surface area contributed by atoms with E-state index in [9.17, 15) is 14.4 Å². The Balaban J connectivity index is 1.32. The fourth-order valence-corrected chi connectivity index (χ4v) is 3.95. The number of methoxy groups -OCH3 is 1. The fourth-order valence-electron chi connectivity index (χ4n) is 3.20. The molecule has 0 saturated carbocycles. The molecule has 1 aromatic heterocycles. The summed E-state index contributed by atoms with van der Waals surface area (Å²) in [4.78, 5) is 36.8. The quantitative estimate of drug-likeness (QED) is 0.106. The molecule has 39 heavy (non-hydrogen) atoms. The minimum absolute atomic E-state index is 0.179. The van der Waals surface area contributed by atoms with Crippen LogP contribution in [0.5, 0.6) is 17.2 Å². The summed E-state index contributed by atoms with van der Waals surface area (Å²) in [6.45, 7) is 2.39. The normalized spacial score (nSPS) is 10.6. The van der Waals surface area contributed by atoms with Gasteiger partial charge in [-0.3, -0.25) is 14.9 Å². The molecule has 0 unspecified atom stereocenters. The largest absolute Gasteiger partial charge is 0.494 e. The van der Waals surface area contributed by atoms with E-state index in [1.807, 2.05) is 37.3 Å². The molecule has 0 aliphatic rings. The molecule has 0 aliphatic carbocycles. The highest BCUT2D eigenvalue weighted by molar-refractivity contribution is 7.18. The Morgan fingerprint density at radius 3 is 2.44 bits per heavy atom. The SMILES string of the molecule is CCOc1ccc(C(=O)Oc2ccc(C=NNC(=O)C(=O)Nc3nnc(-c4ccccc4)s3)cc2OC)cc1. The van der Waals surface area contributed by atoms with Gasteiger partial charge < -0.3 is 14.2 Å². The molecule has 3 aromatic carbocycles. The Bertz CT molecular complexity index is 1490. The van der Waals surface area contributed by atoms with E-state index in [1.54, 1.807) is 36.4 Å². The second-order valence-corrected chi connectivity index (χ2v) is 8.67. The lowest BCUT2D eigenvalue weighted by Gasteiger charge is -2.10. The van der Waals surface area contributed by atoms with Crippen LogP contribution in [0.3, 0.4) is 0 Å². The molecule has 0 saturated heterocycles. The van der Waals surface area contributed by atoms with Crippen LogP contribution in [0.25, 0.3) is 10.6 Å². The molecule has 2 amide bonds. The molecule has 11 nitrogen and oxygen atoms in total. The van der Waals surface area contributed by atoms with E-state index in [0.29, 0.717) is 28.5 Å². The number of nitrogens with zero attached hydrogens (tertiary/aromatic N) is 3. The Morgan fingerprint density at radius 1 is 0.949 bits per heavy atom.